The Labute approximate surface area is 116 Å². The standard InChI is InChI=1S/C12H10FNO4S2/c13-10-6-8-12(9-7-10)20(17,18)14-19(15,16)11-4-2-1-3-5-11/h1-9,14H. The Morgan fingerprint density at radius 3 is 1.65 bits per heavy atom. The molecule has 1 N–H and O–H groups in total. The van der Waals surface area contributed by atoms with Gasteiger partial charge in [-0.3, -0.25) is 0 Å². The summed E-state index contributed by atoms with van der Waals surface area (Å²) in [6.45, 7) is 0. The number of hydrogen-bond acceptors (Lipinski definition) is 4. The van der Waals surface area contributed by atoms with Crippen molar-refractivity contribution in [1.82, 2.24) is 4.13 Å². The average Bonchev–Trinajstić information content (AvgIpc) is 2.39. The largest absolute Gasteiger partial charge is 0.253 e. The normalized spacial score (nSPS) is 12.2. The van der Waals surface area contributed by atoms with Crippen LogP contribution in [0.1, 0.15) is 0 Å². The van der Waals surface area contributed by atoms with E-state index < -0.39 is 25.9 Å². The smallest absolute Gasteiger partial charge is 0.207 e. The van der Waals surface area contributed by atoms with Crippen LogP contribution in [0.4, 0.5) is 4.39 Å². The molecule has 5 nitrogen and oxygen atoms in total. The maximum Gasteiger partial charge on any atom is 0.253 e. The fourth-order valence-corrected chi connectivity index (χ4v) is 4.39. The minimum absolute atomic E-state index is 0.175. The molecule has 0 aromatic heterocycles. The lowest BCUT2D eigenvalue weighted by Crippen LogP contribution is -2.30. The summed E-state index contributed by atoms with van der Waals surface area (Å²) in [7, 11) is -8.50. The summed E-state index contributed by atoms with van der Waals surface area (Å²) in [4.78, 5) is -0.510. The molecule has 0 aliphatic heterocycles. The van der Waals surface area contributed by atoms with Gasteiger partial charge in [-0.2, -0.15) is 0 Å². The highest BCUT2D eigenvalue weighted by Gasteiger charge is 2.24. The first-order valence-corrected chi connectivity index (χ1v) is 8.37. The summed E-state index contributed by atoms with van der Waals surface area (Å²) in [5.74, 6) is -0.616. The van der Waals surface area contributed by atoms with Gasteiger partial charge in [0.25, 0.3) is 20.0 Å². The molecule has 0 saturated carbocycles. The predicted octanol–water partition coefficient (Wildman–Crippen LogP) is 1.49. The van der Waals surface area contributed by atoms with Gasteiger partial charge in [0.05, 0.1) is 9.79 Å². The summed E-state index contributed by atoms with van der Waals surface area (Å²) >= 11 is 0. The lowest BCUT2D eigenvalue weighted by Gasteiger charge is -2.07. The summed E-state index contributed by atoms with van der Waals surface area (Å²) < 4.78 is 62.0. The van der Waals surface area contributed by atoms with Crippen molar-refractivity contribution in [3.8, 4) is 0 Å². The summed E-state index contributed by atoms with van der Waals surface area (Å²) in [5.41, 5.74) is 0. The van der Waals surface area contributed by atoms with Gasteiger partial charge in [-0.1, -0.05) is 18.2 Å². The molecule has 106 valence electrons. The van der Waals surface area contributed by atoms with Crippen molar-refractivity contribution in [3.63, 3.8) is 0 Å². The van der Waals surface area contributed by atoms with Crippen LogP contribution in [-0.4, -0.2) is 16.8 Å². The molecule has 0 amide bonds. The van der Waals surface area contributed by atoms with Crippen LogP contribution in [0, 0.1) is 5.82 Å². The Morgan fingerprint density at radius 1 is 0.700 bits per heavy atom. The first kappa shape index (κ1) is 14.6. The topological polar surface area (TPSA) is 80.3 Å². The van der Waals surface area contributed by atoms with Gasteiger partial charge >= 0.3 is 0 Å². The van der Waals surface area contributed by atoms with Gasteiger partial charge in [0.1, 0.15) is 5.82 Å². The molecule has 0 heterocycles. The van der Waals surface area contributed by atoms with Crippen LogP contribution in [0.3, 0.4) is 0 Å². The molecular weight excluding hydrogens is 305 g/mol. The van der Waals surface area contributed by atoms with Crippen LogP contribution in [0.25, 0.3) is 0 Å². The van der Waals surface area contributed by atoms with Gasteiger partial charge < -0.3 is 0 Å². The SMILES string of the molecule is O=S(=O)(NS(=O)(=O)c1ccc(F)cc1)c1ccccc1. The molecule has 2 rings (SSSR count). The van der Waals surface area contributed by atoms with Gasteiger partial charge in [-0.25, -0.2) is 21.2 Å². The van der Waals surface area contributed by atoms with Gasteiger partial charge in [-0.15, -0.1) is 4.13 Å². The molecular formula is C12H10FNO4S2. The van der Waals surface area contributed by atoms with E-state index in [1.165, 1.54) is 24.3 Å². The molecule has 0 unspecified atom stereocenters. The third kappa shape index (κ3) is 3.21. The molecule has 20 heavy (non-hydrogen) atoms. The quantitative estimate of drug-likeness (QED) is 0.927. The third-order valence-electron chi connectivity index (χ3n) is 2.40. The van der Waals surface area contributed by atoms with Crippen molar-refractivity contribution in [2.24, 2.45) is 0 Å². The van der Waals surface area contributed by atoms with Gasteiger partial charge in [0, 0.05) is 0 Å². The van der Waals surface area contributed by atoms with E-state index in [0.717, 1.165) is 24.3 Å². The molecule has 0 spiro atoms. The third-order valence-corrected chi connectivity index (χ3v) is 5.94. The highest BCUT2D eigenvalue weighted by Crippen LogP contribution is 2.14. The second kappa shape index (κ2) is 5.31. The van der Waals surface area contributed by atoms with E-state index in [9.17, 15) is 21.2 Å². The van der Waals surface area contributed by atoms with E-state index >= 15 is 0 Å². The van der Waals surface area contributed by atoms with E-state index in [1.807, 2.05) is 0 Å². The summed E-state index contributed by atoms with van der Waals surface area (Å²) in [5, 5.41) is 0. The van der Waals surface area contributed by atoms with Crippen LogP contribution in [0.2, 0.25) is 0 Å². The lowest BCUT2D eigenvalue weighted by molar-refractivity contribution is 0.576. The van der Waals surface area contributed by atoms with Crippen molar-refractivity contribution in [1.29, 1.82) is 0 Å². The van der Waals surface area contributed by atoms with E-state index in [4.69, 9.17) is 0 Å². The molecule has 0 atom stereocenters. The molecule has 2 aromatic rings. The lowest BCUT2D eigenvalue weighted by atomic mass is 10.4. The minimum atomic E-state index is -4.29. The van der Waals surface area contributed by atoms with E-state index in [-0.39, 0.29) is 9.79 Å². The fraction of sp³-hybridized carbons (Fsp3) is 0. The highest BCUT2D eigenvalue weighted by atomic mass is 32.3. The maximum atomic E-state index is 12.7. The predicted molar refractivity (Wildman–Crippen MR) is 70.3 cm³/mol. The molecule has 0 fully saturated rings. The molecule has 0 saturated heterocycles. The number of sulfonamides is 2. The maximum absolute atomic E-state index is 12.7. The second-order valence-electron chi connectivity index (χ2n) is 3.86. The number of rotatable bonds is 4. The van der Waals surface area contributed by atoms with Crippen molar-refractivity contribution in [3.05, 3.63) is 60.4 Å². The average molecular weight is 315 g/mol. The Balaban J connectivity index is 2.36. The van der Waals surface area contributed by atoms with Gasteiger partial charge in [0.15, 0.2) is 0 Å². The minimum Gasteiger partial charge on any atom is -0.207 e. The van der Waals surface area contributed by atoms with Crippen LogP contribution in [-0.2, 0) is 20.0 Å². The Hall–Kier alpha value is -1.77. The monoisotopic (exact) mass is 315 g/mol. The zero-order valence-electron chi connectivity index (χ0n) is 10.0. The second-order valence-corrected chi connectivity index (χ2v) is 7.48. The van der Waals surface area contributed by atoms with Crippen molar-refractivity contribution in [2.75, 3.05) is 0 Å². The van der Waals surface area contributed by atoms with E-state index in [2.05, 4.69) is 0 Å². The van der Waals surface area contributed by atoms with Crippen LogP contribution < -0.4 is 4.13 Å². The van der Waals surface area contributed by atoms with E-state index in [0.29, 0.717) is 0 Å². The van der Waals surface area contributed by atoms with Crippen molar-refractivity contribution < 1.29 is 21.2 Å². The van der Waals surface area contributed by atoms with Crippen molar-refractivity contribution in [2.45, 2.75) is 9.79 Å². The Morgan fingerprint density at radius 2 is 1.15 bits per heavy atom. The molecule has 2 aromatic carbocycles. The Bertz CT molecular complexity index is 800. The van der Waals surface area contributed by atoms with Crippen LogP contribution in [0.5, 0.6) is 0 Å². The fourth-order valence-electron chi connectivity index (χ4n) is 1.45. The van der Waals surface area contributed by atoms with Crippen molar-refractivity contribution >= 4 is 20.0 Å². The Kier molecular flexibility index (Phi) is 3.89. The number of hydrogen-bond donors (Lipinski definition) is 1. The van der Waals surface area contributed by atoms with Crippen LogP contribution in [0.15, 0.2) is 64.4 Å². The summed E-state index contributed by atoms with van der Waals surface area (Å²) in [6, 6.07) is 10.9. The van der Waals surface area contributed by atoms with Gasteiger partial charge in [-0.05, 0) is 36.4 Å². The first-order valence-electron chi connectivity index (χ1n) is 5.40. The van der Waals surface area contributed by atoms with Crippen LogP contribution >= 0.6 is 0 Å². The molecule has 8 heteroatoms. The zero-order valence-corrected chi connectivity index (χ0v) is 11.7. The molecule has 0 radical (unpaired) electrons. The highest BCUT2D eigenvalue weighted by molar-refractivity contribution is 8.04. The number of nitrogens with one attached hydrogen (secondary N) is 1. The molecule has 0 bridgehead atoms. The molecule has 0 aliphatic rings. The molecule has 0 aliphatic carbocycles. The summed E-state index contributed by atoms with van der Waals surface area (Å²) in [6.07, 6.45) is 0. The van der Waals surface area contributed by atoms with E-state index in [1.54, 1.807) is 10.2 Å². The number of halogens is 1. The zero-order chi connectivity index (χ0) is 14.8. The van der Waals surface area contributed by atoms with Gasteiger partial charge in [0.2, 0.25) is 0 Å². The first-order chi connectivity index (χ1) is 9.31. The number of benzene rings is 2.